The van der Waals surface area contributed by atoms with Gasteiger partial charge >= 0.3 is 0 Å². The van der Waals surface area contributed by atoms with E-state index in [-0.39, 0.29) is 0 Å². The Bertz CT molecular complexity index is 1010. The van der Waals surface area contributed by atoms with E-state index < -0.39 is 0 Å². The summed E-state index contributed by atoms with van der Waals surface area (Å²) in [5, 5.41) is 4.50. The van der Waals surface area contributed by atoms with Crippen molar-refractivity contribution in [1.29, 1.82) is 0 Å². The minimum absolute atomic E-state index is 0.589. The van der Waals surface area contributed by atoms with Crippen molar-refractivity contribution in [3.63, 3.8) is 0 Å². The highest BCUT2D eigenvalue weighted by Gasteiger charge is 2.16. The van der Waals surface area contributed by atoms with E-state index in [1.165, 1.54) is 0 Å². The molecule has 1 aromatic heterocycles. The Kier molecular flexibility index (Phi) is 4.15. The summed E-state index contributed by atoms with van der Waals surface area (Å²) in [5.41, 5.74) is 1.78. The molecule has 6 heteroatoms. The summed E-state index contributed by atoms with van der Waals surface area (Å²) in [4.78, 5) is 4.63. The van der Waals surface area contributed by atoms with Gasteiger partial charge in [-0.05, 0) is 42.5 Å². The lowest BCUT2D eigenvalue weighted by atomic mass is 10.1. The standard InChI is InChI=1S/C20H17N3O3/c1-24-15-8-9-17(25-2)14(13-15)7-10-19-21-20-16-5-3-4-6-18(16)26-12-11-23(20)22-19/h3-13H,1-2H3/b10-7+. The Morgan fingerprint density at radius 3 is 2.77 bits per heavy atom. The molecule has 3 aromatic rings. The van der Waals surface area contributed by atoms with Gasteiger partial charge < -0.3 is 14.2 Å². The minimum Gasteiger partial charge on any atom is -0.497 e. The number of rotatable bonds is 4. The molecule has 0 amide bonds. The molecular weight excluding hydrogens is 330 g/mol. The van der Waals surface area contributed by atoms with E-state index in [1.807, 2.05) is 54.6 Å². The van der Waals surface area contributed by atoms with Crippen LogP contribution in [-0.4, -0.2) is 29.0 Å². The third kappa shape index (κ3) is 2.93. The third-order valence-corrected chi connectivity index (χ3v) is 4.02. The van der Waals surface area contributed by atoms with Crippen LogP contribution in [0.15, 0.2) is 48.7 Å². The van der Waals surface area contributed by atoms with Crippen LogP contribution in [0.5, 0.6) is 17.2 Å². The molecule has 0 radical (unpaired) electrons. The lowest BCUT2D eigenvalue weighted by Crippen LogP contribution is -1.91. The zero-order chi connectivity index (χ0) is 17.9. The van der Waals surface area contributed by atoms with Gasteiger partial charge in [0.05, 0.1) is 26.0 Å². The van der Waals surface area contributed by atoms with Gasteiger partial charge in [-0.3, -0.25) is 0 Å². The number of benzene rings is 2. The first-order valence-electron chi connectivity index (χ1n) is 8.08. The van der Waals surface area contributed by atoms with Crippen molar-refractivity contribution >= 4 is 18.4 Å². The van der Waals surface area contributed by atoms with Crippen molar-refractivity contribution < 1.29 is 14.2 Å². The topological polar surface area (TPSA) is 58.4 Å². The normalized spacial score (nSPS) is 12.2. The van der Waals surface area contributed by atoms with Gasteiger partial charge in [-0.25, -0.2) is 9.67 Å². The summed E-state index contributed by atoms with van der Waals surface area (Å²) >= 11 is 0. The Balaban J connectivity index is 1.71. The van der Waals surface area contributed by atoms with E-state index >= 15 is 0 Å². The third-order valence-electron chi connectivity index (χ3n) is 4.02. The van der Waals surface area contributed by atoms with Crippen molar-refractivity contribution in [3.05, 3.63) is 60.1 Å². The molecule has 0 atom stereocenters. The smallest absolute Gasteiger partial charge is 0.175 e. The molecule has 4 rings (SSSR count). The van der Waals surface area contributed by atoms with Crippen LogP contribution in [0, 0.1) is 0 Å². The molecule has 0 N–H and O–H groups in total. The van der Waals surface area contributed by atoms with Crippen LogP contribution in [0.1, 0.15) is 11.4 Å². The maximum absolute atomic E-state index is 5.58. The number of aromatic nitrogens is 3. The van der Waals surface area contributed by atoms with Crippen LogP contribution in [-0.2, 0) is 0 Å². The predicted molar refractivity (Wildman–Crippen MR) is 99.9 cm³/mol. The second-order valence-corrected chi connectivity index (χ2v) is 5.58. The summed E-state index contributed by atoms with van der Waals surface area (Å²) in [6.45, 7) is 0. The lowest BCUT2D eigenvalue weighted by molar-refractivity contribution is 0.402. The number of para-hydroxylation sites is 1. The Morgan fingerprint density at radius 2 is 1.92 bits per heavy atom. The van der Waals surface area contributed by atoms with E-state index in [0.29, 0.717) is 5.82 Å². The molecule has 1 aliphatic heterocycles. The predicted octanol–water partition coefficient (Wildman–Crippen LogP) is 3.95. The average Bonchev–Trinajstić information content (AvgIpc) is 3.01. The van der Waals surface area contributed by atoms with Gasteiger partial charge in [-0.2, -0.15) is 0 Å². The molecule has 6 nitrogen and oxygen atoms in total. The number of methoxy groups -OCH3 is 2. The molecule has 2 heterocycles. The van der Waals surface area contributed by atoms with Gasteiger partial charge in [-0.1, -0.05) is 12.1 Å². The Hall–Kier alpha value is -3.54. The van der Waals surface area contributed by atoms with Crippen LogP contribution in [0.3, 0.4) is 0 Å². The van der Waals surface area contributed by atoms with Crippen molar-refractivity contribution in [2.75, 3.05) is 14.2 Å². The highest BCUT2D eigenvalue weighted by Crippen LogP contribution is 2.31. The molecule has 0 unspecified atom stereocenters. The summed E-state index contributed by atoms with van der Waals surface area (Å²) in [5.74, 6) is 3.58. The van der Waals surface area contributed by atoms with Gasteiger partial charge in [0.15, 0.2) is 11.6 Å². The van der Waals surface area contributed by atoms with Crippen LogP contribution in [0.4, 0.5) is 0 Å². The van der Waals surface area contributed by atoms with Gasteiger partial charge in [0.2, 0.25) is 0 Å². The maximum Gasteiger partial charge on any atom is 0.175 e. The first-order chi connectivity index (χ1) is 12.8. The fraction of sp³-hybridized carbons (Fsp3) is 0.100. The van der Waals surface area contributed by atoms with E-state index in [9.17, 15) is 0 Å². The van der Waals surface area contributed by atoms with Crippen LogP contribution in [0.25, 0.3) is 29.7 Å². The molecule has 0 saturated carbocycles. The van der Waals surface area contributed by atoms with E-state index in [2.05, 4.69) is 10.1 Å². The summed E-state index contributed by atoms with van der Waals surface area (Å²) in [7, 11) is 3.27. The number of ether oxygens (including phenoxy) is 3. The molecule has 0 fully saturated rings. The highest BCUT2D eigenvalue weighted by atomic mass is 16.5. The molecule has 0 saturated heterocycles. The fourth-order valence-corrected chi connectivity index (χ4v) is 2.75. The Morgan fingerprint density at radius 1 is 1.04 bits per heavy atom. The maximum atomic E-state index is 5.58. The molecule has 0 aliphatic carbocycles. The number of fused-ring (bicyclic) bond motifs is 3. The second kappa shape index (κ2) is 6.76. The monoisotopic (exact) mass is 347 g/mol. The van der Waals surface area contributed by atoms with Crippen LogP contribution in [0.2, 0.25) is 0 Å². The van der Waals surface area contributed by atoms with Gasteiger partial charge in [0.1, 0.15) is 23.5 Å². The van der Waals surface area contributed by atoms with Crippen LogP contribution < -0.4 is 14.2 Å². The van der Waals surface area contributed by atoms with Crippen LogP contribution >= 0.6 is 0 Å². The summed E-state index contributed by atoms with van der Waals surface area (Å²) < 4.78 is 18.0. The summed E-state index contributed by atoms with van der Waals surface area (Å²) in [6.07, 6.45) is 7.09. The van der Waals surface area contributed by atoms with E-state index in [4.69, 9.17) is 14.2 Å². The molecule has 0 spiro atoms. The van der Waals surface area contributed by atoms with Crippen molar-refractivity contribution in [2.24, 2.45) is 0 Å². The van der Waals surface area contributed by atoms with Crippen molar-refractivity contribution in [1.82, 2.24) is 14.8 Å². The zero-order valence-corrected chi connectivity index (χ0v) is 14.4. The molecule has 1 aliphatic rings. The molecule has 26 heavy (non-hydrogen) atoms. The quantitative estimate of drug-likeness (QED) is 0.715. The first kappa shape index (κ1) is 16.0. The highest BCUT2D eigenvalue weighted by molar-refractivity contribution is 5.73. The van der Waals surface area contributed by atoms with Crippen molar-refractivity contribution in [3.8, 4) is 28.6 Å². The molecular formula is C20H17N3O3. The number of hydrogen-bond donors (Lipinski definition) is 0. The number of nitrogens with zero attached hydrogens (tertiary/aromatic N) is 3. The second-order valence-electron chi connectivity index (χ2n) is 5.58. The first-order valence-corrected chi connectivity index (χ1v) is 8.08. The SMILES string of the molecule is COc1ccc(OC)c(/C=C/c2nc3n(n2)C=COc2ccccc2-3)c1. The molecule has 0 bridgehead atoms. The summed E-state index contributed by atoms with van der Waals surface area (Å²) in [6, 6.07) is 13.4. The molecule has 130 valence electrons. The fourth-order valence-electron chi connectivity index (χ4n) is 2.75. The largest absolute Gasteiger partial charge is 0.497 e. The minimum atomic E-state index is 0.589. The molecule has 2 aromatic carbocycles. The van der Waals surface area contributed by atoms with E-state index in [1.54, 1.807) is 31.4 Å². The van der Waals surface area contributed by atoms with Gasteiger partial charge in [0, 0.05) is 5.56 Å². The van der Waals surface area contributed by atoms with E-state index in [0.717, 1.165) is 34.2 Å². The zero-order valence-electron chi connectivity index (χ0n) is 14.4. The average molecular weight is 347 g/mol. The van der Waals surface area contributed by atoms with Crippen molar-refractivity contribution in [2.45, 2.75) is 0 Å². The van der Waals surface area contributed by atoms with Gasteiger partial charge in [0.25, 0.3) is 0 Å². The lowest BCUT2D eigenvalue weighted by Gasteiger charge is -2.06. The van der Waals surface area contributed by atoms with Gasteiger partial charge in [-0.15, -0.1) is 5.10 Å². The number of hydrogen-bond acceptors (Lipinski definition) is 5. The Labute approximate surface area is 151 Å².